The summed E-state index contributed by atoms with van der Waals surface area (Å²) < 4.78 is 1.90. The quantitative estimate of drug-likeness (QED) is 0.830. The van der Waals surface area contributed by atoms with E-state index in [1.165, 1.54) is 0 Å². The van der Waals surface area contributed by atoms with Crippen LogP contribution < -0.4 is 10.9 Å². The number of hydrogen-bond acceptors (Lipinski definition) is 2. The Morgan fingerprint density at radius 3 is 2.62 bits per heavy atom. The molecule has 0 aliphatic heterocycles. The molecule has 0 aliphatic rings. The molecule has 2 N–H and O–H groups in total. The van der Waals surface area contributed by atoms with Gasteiger partial charge >= 0.3 is 0 Å². The van der Waals surface area contributed by atoms with Crippen LogP contribution in [0.25, 0.3) is 5.70 Å². The first-order chi connectivity index (χ1) is 9.97. The number of carbonyl (C=O) groups is 1. The molecule has 2 rings (SSSR count). The van der Waals surface area contributed by atoms with Crippen LogP contribution >= 0.6 is 23.2 Å². The highest BCUT2D eigenvalue weighted by molar-refractivity contribution is 6.42. The summed E-state index contributed by atoms with van der Waals surface area (Å²) in [6, 6.07) is 8.92. The number of rotatable bonds is 5. The summed E-state index contributed by atoms with van der Waals surface area (Å²) in [5, 5.41) is 0.910. The predicted molar refractivity (Wildman–Crippen MR) is 85.9 cm³/mol. The maximum Gasteiger partial charge on any atom is 0.244 e. The van der Waals surface area contributed by atoms with Gasteiger partial charge in [-0.05, 0) is 24.3 Å². The van der Waals surface area contributed by atoms with Gasteiger partial charge in [0.1, 0.15) is 0 Å². The number of aryl methyl sites for hydroxylation is 1. The SMILES string of the molecule is C=C(NNC(=O)Cc1cccn1C)c1ccc(Cl)c(Cl)c1. The van der Waals surface area contributed by atoms with E-state index in [0.717, 1.165) is 11.3 Å². The van der Waals surface area contributed by atoms with Crippen LogP contribution in [0.1, 0.15) is 11.3 Å². The fourth-order valence-electron chi connectivity index (χ4n) is 1.79. The second kappa shape index (κ2) is 6.70. The molecule has 0 saturated heterocycles. The van der Waals surface area contributed by atoms with Crippen LogP contribution in [-0.2, 0) is 18.3 Å². The summed E-state index contributed by atoms with van der Waals surface area (Å²) >= 11 is 11.8. The summed E-state index contributed by atoms with van der Waals surface area (Å²) in [6.07, 6.45) is 2.18. The van der Waals surface area contributed by atoms with Gasteiger partial charge in [-0.2, -0.15) is 0 Å². The maximum absolute atomic E-state index is 11.8. The lowest BCUT2D eigenvalue weighted by atomic mass is 10.2. The lowest BCUT2D eigenvalue weighted by Gasteiger charge is -2.12. The molecule has 0 saturated carbocycles. The van der Waals surface area contributed by atoms with Crippen LogP contribution in [-0.4, -0.2) is 10.5 Å². The highest BCUT2D eigenvalue weighted by Gasteiger charge is 2.07. The van der Waals surface area contributed by atoms with E-state index >= 15 is 0 Å². The minimum absolute atomic E-state index is 0.155. The number of halogens is 2. The summed E-state index contributed by atoms with van der Waals surface area (Å²) in [7, 11) is 1.89. The Labute approximate surface area is 133 Å². The molecule has 6 heteroatoms. The van der Waals surface area contributed by atoms with Crippen LogP contribution in [0.2, 0.25) is 10.0 Å². The number of amides is 1. The Balaban J connectivity index is 1.90. The first-order valence-corrected chi connectivity index (χ1v) is 7.02. The molecule has 0 spiro atoms. The molecule has 4 nitrogen and oxygen atoms in total. The summed E-state index contributed by atoms with van der Waals surface area (Å²) in [4.78, 5) is 11.8. The number of carbonyl (C=O) groups excluding carboxylic acids is 1. The van der Waals surface area contributed by atoms with Gasteiger partial charge in [-0.15, -0.1) is 0 Å². The van der Waals surface area contributed by atoms with E-state index in [0.29, 0.717) is 15.7 Å². The first-order valence-electron chi connectivity index (χ1n) is 6.27. The van der Waals surface area contributed by atoms with E-state index in [9.17, 15) is 4.79 Å². The van der Waals surface area contributed by atoms with E-state index in [2.05, 4.69) is 17.4 Å². The van der Waals surface area contributed by atoms with Crippen molar-refractivity contribution >= 4 is 34.8 Å². The molecule has 21 heavy (non-hydrogen) atoms. The van der Waals surface area contributed by atoms with Crippen molar-refractivity contribution in [3.8, 4) is 0 Å². The fourth-order valence-corrected chi connectivity index (χ4v) is 2.09. The molecule has 0 atom stereocenters. The summed E-state index contributed by atoms with van der Waals surface area (Å²) in [5.74, 6) is -0.155. The van der Waals surface area contributed by atoms with Crippen molar-refractivity contribution in [3.63, 3.8) is 0 Å². The average Bonchev–Trinajstić information content (AvgIpc) is 2.84. The molecule has 1 aromatic heterocycles. The van der Waals surface area contributed by atoms with Crippen LogP contribution in [0.5, 0.6) is 0 Å². The topological polar surface area (TPSA) is 46.1 Å². The number of hydrazine groups is 1. The summed E-state index contributed by atoms with van der Waals surface area (Å²) in [6.45, 7) is 3.85. The van der Waals surface area contributed by atoms with Gasteiger partial charge < -0.3 is 4.57 Å². The Kier molecular flexibility index (Phi) is 4.94. The number of aromatic nitrogens is 1. The Bertz CT molecular complexity index is 679. The monoisotopic (exact) mass is 323 g/mol. The van der Waals surface area contributed by atoms with Gasteiger partial charge in [0, 0.05) is 24.5 Å². The average molecular weight is 324 g/mol. The fraction of sp³-hybridized carbons (Fsp3) is 0.133. The zero-order valence-corrected chi connectivity index (χ0v) is 13.0. The number of benzene rings is 1. The van der Waals surface area contributed by atoms with Crippen molar-refractivity contribution in [1.29, 1.82) is 0 Å². The number of hydrogen-bond donors (Lipinski definition) is 2. The van der Waals surface area contributed by atoms with Crippen LogP contribution in [0.15, 0.2) is 43.1 Å². The molecular weight excluding hydrogens is 309 g/mol. The van der Waals surface area contributed by atoms with Crippen molar-refractivity contribution < 1.29 is 4.79 Å². The van der Waals surface area contributed by atoms with Crippen LogP contribution in [0, 0.1) is 0 Å². The second-order valence-electron chi connectivity index (χ2n) is 4.57. The van der Waals surface area contributed by atoms with Crippen LogP contribution in [0.3, 0.4) is 0 Å². The third kappa shape index (κ3) is 4.03. The Morgan fingerprint density at radius 1 is 1.24 bits per heavy atom. The standard InChI is InChI=1S/C15H15Cl2N3O/c1-10(11-5-6-13(16)14(17)8-11)18-19-15(21)9-12-4-3-7-20(12)2/h3-8,18H,1,9H2,2H3,(H,19,21). The van der Waals surface area contributed by atoms with E-state index in [-0.39, 0.29) is 12.3 Å². The minimum Gasteiger partial charge on any atom is -0.354 e. The molecule has 1 aromatic carbocycles. The predicted octanol–water partition coefficient (Wildman–Crippen LogP) is 3.17. The lowest BCUT2D eigenvalue weighted by Crippen LogP contribution is -2.37. The highest BCUT2D eigenvalue weighted by Crippen LogP contribution is 2.24. The van der Waals surface area contributed by atoms with Crippen LogP contribution in [0.4, 0.5) is 0 Å². The molecule has 2 aromatic rings. The molecule has 0 aliphatic carbocycles. The molecule has 110 valence electrons. The van der Waals surface area contributed by atoms with Gasteiger partial charge in [-0.1, -0.05) is 35.8 Å². The molecule has 1 heterocycles. The number of nitrogens with zero attached hydrogens (tertiary/aromatic N) is 1. The van der Waals surface area contributed by atoms with Gasteiger partial charge in [-0.3, -0.25) is 15.6 Å². The smallest absolute Gasteiger partial charge is 0.244 e. The molecule has 1 amide bonds. The van der Waals surface area contributed by atoms with Gasteiger partial charge in [0.05, 0.1) is 22.2 Å². The largest absolute Gasteiger partial charge is 0.354 e. The van der Waals surface area contributed by atoms with Gasteiger partial charge in [0.15, 0.2) is 0 Å². The maximum atomic E-state index is 11.8. The zero-order chi connectivity index (χ0) is 15.4. The second-order valence-corrected chi connectivity index (χ2v) is 5.38. The molecular formula is C15H15Cl2N3O. The zero-order valence-electron chi connectivity index (χ0n) is 11.5. The third-order valence-electron chi connectivity index (χ3n) is 3.01. The highest BCUT2D eigenvalue weighted by atomic mass is 35.5. The van der Waals surface area contributed by atoms with E-state index < -0.39 is 0 Å². The van der Waals surface area contributed by atoms with Gasteiger partial charge in [0.25, 0.3) is 0 Å². The summed E-state index contributed by atoms with van der Waals surface area (Å²) in [5.41, 5.74) is 7.59. The Morgan fingerprint density at radius 2 is 2.00 bits per heavy atom. The molecule has 0 unspecified atom stereocenters. The minimum atomic E-state index is -0.155. The third-order valence-corrected chi connectivity index (χ3v) is 3.75. The van der Waals surface area contributed by atoms with Crippen molar-refractivity contribution in [1.82, 2.24) is 15.4 Å². The molecule has 0 bridgehead atoms. The molecule has 0 radical (unpaired) electrons. The molecule has 0 fully saturated rings. The van der Waals surface area contributed by atoms with Gasteiger partial charge in [-0.25, -0.2) is 0 Å². The van der Waals surface area contributed by atoms with E-state index in [1.807, 2.05) is 29.9 Å². The first kappa shape index (κ1) is 15.5. The van der Waals surface area contributed by atoms with Crippen molar-refractivity contribution in [2.45, 2.75) is 6.42 Å². The van der Waals surface area contributed by atoms with E-state index in [4.69, 9.17) is 23.2 Å². The van der Waals surface area contributed by atoms with Crippen molar-refractivity contribution in [3.05, 3.63) is 64.4 Å². The van der Waals surface area contributed by atoms with Crippen molar-refractivity contribution in [2.75, 3.05) is 0 Å². The Hall–Kier alpha value is -1.91. The normalized spacial score (nSPS) is 10.2. The van der Waals surface area contributed by atoms with E-state index in [1.54, 1.807) is 18.2 Å². The van der Waals surface area contributed by atoms with Crippen molar-refractivity contribution in [2.24, 2.45) is 7.05 Å². The lowest BCUT2D eigenvalue weighted by molar-refractivity contribution is -0.121. The van der Waals surface area contributed by atoms with Gasteiger partial charge in [0.2, 0.25) is 5.91 Å². The number of nitrogens with one attached hydrogen (secondary N) is 2.